The number of imide groups is 1. The zero-order chi connectivity index (χ0) is 21.1. The van der Waals surface area contributed by atoms with Gasteiger partial charge in [-0.25, -0.2) is 0 Å². The SMILES string of the molecule is Cl.O=C(NCCN1CCOCC1)c1ccc2c(c1)C(=O)N(Cc1cccc(Cl)c1)C2=O. The van der Waals surface area contributed by atoms with Crippen LogP contribution in [0.2, 0.25) is 5.02 Å². The number of carbonyl (C=O) groups is 3. The molecule has 164 valence electrons. The highest BCUT2D eigenvalue weighted by molar-refractivity contribution is 6.30. The minimum atomic E-state index is -0.405. The molecule has 0 bridgehead atoms. The zero-order valence-corrected chi connectivity index (χ0v) is 18.4. The predicted molar refractivity (Wildman–Crippen MR) is 119 cm³/mol. The molecule has 2 heterocycles. The van der Waals surface area contributed by atoms with Gasteiger partial charge in [0.2, 0.25) is 0 Å². The summed E-state index contributed by atoms with van der Waals surface area (Å²) in [6.45, 7) is 4.51. The molecule has 0 aromatic heterocycles. The number of amides is 3. The first-order valence-electron chi connectivity index (χ1n) is 9.86. The van der Waals surface area contributed by atoms with Gasteiger partial charge in [-0.3, -0.25) is 24.2 Å². The third-order valence-corrected chi connectivity index (χ3v) is 5.51. The maximum Gasteiger partial charge on any atom is 0.261 e. The maximum atomic E-state index is 12.8. The number of nitrogens with one attached hydrogen (secondary N) is 1. The Labute approximate surface area is 191 Å². The average molecular weight is 464 g/mol. The Hall–Kier alpha value is -2.45. The van der Waals surface area contributed by atoms with Crippen LogP contribution in [0.3, 0.4) is 0 Å². The molecule has 2 aromatic rings. The Morgan fingerprint density at radius 2 is 1.77 bits per heavy atom. The van der Waals surface area contributed by atoms with Crippen molar-refractivity contribution in [2.24, 2.45) is 0 Å². The second-order valence-corrected chi connectivity index (χ2v) is 7.73. The van der Waals surface area contributed by atoms with Crippen LogP contribution in [0, 0.1) is 0 Å². The van der Waals surface area contributed by atoms with Crippen molar-refractivity contribution in [1.29, 1.82) is 0 Å². The van der Waals surface area contributed by atoms with Crippen molar-refractivity contribution in [2.75, 3.05) is 39.4 Å². The number of fused-ring (bicyclic) bond motifs is 1. The smallest absolute Gasteiger partial charge is 0.261 e. The molecule has 7 nitrogen and oxygen atoms in total. The number of hydrogen-bond donors (Lipinski definition) is 1. The molecule has 0 atom stereocenters. The highest BCUT2D eigenvalue weighted by atomic mass is 35.5. The van der Waals surface area contributed by atoms with E-state index in [1.165, 1.54) is 11.0 Å². The molecule has 2 aliphatic heterocycles. The largest absolute Gasteiger partial charge is 0.379 e. The lowest BCUT2D eigenvalue weighted by molar-refractivity contribution is 0.0383. The summed E-state index contributed by atoms with van der Waals surface area (Å²) in [6, 6.07) is 11.7. The van der Waals surface area contributed by atoms with Gasteiger partial charge in [-0.1, -0.05) is 23.7 Å². The van der Waals surface area contributed by atoms with E-state index in [0.29, 0.717) is 35.9 Å². The molecule has 0 unspecified atom stereocenters. The summed E-state index contributed by atoms with van der Waals surface area (Å²) in [5.74, 6) is -1.04. The molecular formula is C22H23Cl2N3O4. The minimum absolute atomic E-state index is 0. The molecule has 0 radical (unpaired) electrons. The maximum absolute atomic E-state index is 12.8. The number of nitrogens with zero attached hydrogens (tertiary/aromatic N) is 2. The third-order valence-electron chi connectivity index (χ3n) is 5.28. The molecule has 9 heteroatoms. The lowest BCUT2D eigenvalue weighted by Crippen LogP contribution is -2.41. The average Bonchev–Trinajstić information content (AvgIpc) is 2.99. The van der Waals surface area contributed by atoms with Gasteiger partial charge < -0.3 is 10.1 Å². The summed E-state index contributed by atoms with van der Waals surface area (Å²) in [4.78, 5) is 41.4. The number of rotatable bonds is 6. The first-order chi connectivity index (χ1) is 14.5. The molecule has 1 N–H and O–H groups in total. The fourth-order valence-corrected chi connectivity index (χ4v) is 3.86. The Morgan fingerprint density at radius 1 is 1.03 bits per heavy atom. The van der Waals surface area contributed by atoms with Gasteiger partial charge >= 0.3 is 0 Å². The van der Waals surface area contributed by atoms with Crippen LogP contribution in [0.1, 0.15) is 36.6 Å². The van der Waals surface area contributed by atoms with Crippen LogP contribution >= 0.6 is 24.0 Å². The molecule has 2 aromatic carbocycles. The normalized spacial score (nSPS) is 16.1. The van der Waals surface area contributed by atoms with Crippen molar-refractivity contribution in [1.82, 2.24) is 15.1 Å². The van der Waals surface area contributed by atoms with Gasteiger partial charge in [-0.05, 0) is 35.9 Å². The molecule has 31 heavy (non-hydrogen) atoms. The van der Waals surface area contributed by atoms with Gasteiger partial charge in [0.15, 0.2) is 0 Å². The molecule has 0 aliphatic carbocycles. The van der Waals surface area contributed by atoms with Crippen molar-refractivity contribution < 1.29 is 19.1 Å². The van der Waals surface area contributed by atoms with Crippen LogP contribution in [-0.2, 0) is 11.3 Å². The minimum Gasteiger partial charge on any atom is -0.379 e. The lowest BCUT2D eigenvalue weighted by atomic mass is 10.1. The van der Waals surface area contributed by atoms with E-state index >= 15 is 0 Å². The lowest BCUT2D eigenvalue weighted by Gasteiger charge is -2.26. The number of benzene rings is 2. The van der Waals surface area contributed by atoms with E-state index in [4.69, 9.17) is 16.3 Å². The van der Waals surface area contributed by atoms with Crippen molar-refractivity contribution >= 4 is 41.7 Å². The quantitative estimate of drug-likeness (QED) is 0.666. The van der Waals surface area contributed by atoms with Crippen molar-refractivity contribution in [3.05, 3.63) is 69.7 Å². The van der Waals surface area contributed by atoms with Gasteiger partial charge in [0.25, 0.3) is 17.7 Å². The summed E-state index contributed by atoms with van der Waals surface area (Å²) in [7, 11) is 0. The monoisotopic (exact) mass is 463 g/mol. The van der Waals surface area contributed by atoms with E-state index in [0.717, 1.165) is 25.2 Å². The first-order valence-corrected chi connectivity index (χ1v) is 10.2. The summed E-state index contributed by atoms with van der Waals surface area (Å²) in [5, 5.41) is 3.42. The first kappa shape index (κ1) is 23.2. The fraction of sp³-hybridized carbons (Fsp3) is 0.318. The number of ether oxygens (including phenoxy) is 1. The summed E-state index contributed by atoms with van der Waals surface area (Å²) >= 11 is 6.00. The van der Waals surface area contributed by atoms with Gasteiger partial charge in [0.1, 0.15) is 0 Å². The standard InChI is InChI=1S/C22H22ClN3O4.ClH/c23-17-3-1-2-15(12-17)14-26-21(28)18-5-4-16(13-19(18)22(26)29)20(27)24-6-7-25-8-10-30-11-9-25;/h1-5,12-13H,6-11,14H2,(H,24,27);1H. The van der Waals surface area contributed by atoms with E-state index in [-0.39, 0.29) is 36.3 Å². The molecule has 0 saturated carbocycles. The van der Waals surface area contributed by atoms with Crippen molar-refractivity contribution in [3.63, 3.8) is 0 Å². The van der Waals surface area contributed by atoms with Gasteiger partial charge in [0, 0.05) is 36.8 Å². The Kier molecular flexibility index (Phi) is 7.67. The van der Waals surface area contributed by atoms with Crippen LogP contribution < -0.4 is 5.32 Å². The van der Waals surface area contributed by atoms with E-state index in [9.17, 15) is 14.4 Å². The Morgan fingerprint density at radius 3 is 2.52 bits per heavy atom. The molecule has 3 amide bonds. The van der Waals surface area contributed by atoms with Crippen molar-refractivity contribution in [3.8, 4) is 0 Å². The van der Waals surface area contributed by atoms with Crippen LogP contribution in [0.15, 0.2) is 42.5 Å². The molecule has 1 fully saturated rings. The van der Waals surface area contributed by atoms with E-state index < -0.39 is 5.91 Å². The van der Waals surface area contributed by atoms with E-state index in [1.807, 2.05) is 6.07 Å². The molecule has 2 aliphatic rings. The summed E-state index contributed by atoms with van der Waals surface area (Å²) in [5.41, 5.74) is 1.69. The highest BCUT2D eigenvalue weighted by Crippen LogP contribution is 2.26. The predicted octanol–water partition coefficient (Wildman–Crippen LogP) is 2.62. The van der Waals surface area contributed by atoms with Gasteiger partial charge in [-0.2, -0.15) is 0 Å². The van der Waals surface area contributed by atoms with E-state index in [1.54, 1.807) is 30.3 Å². The summed E-state index contributed by atoms with van der Waals surface area (Å²) in [6.07, 6.45) is 0. The molecule has 4 rings (SSSR count). The van der Waals surface area contributed by atoms with Crippen molar-refractivity contribution in [2.45, 2.75) is 6.54 Å². The number of morpholine rings is 1. The Balaban J connectivity index is 0.00000272. The number of halogens is 2. The van der Waals surface area contributed by atoms with Crippen LogP contribution in [0.5, 0.6) is 0 Å². The van der Waals surface area contributed by atoms with Crippen LogP contribution in [-0.4, -0.2) is 66.9 Å². The highest BCUT2D eigenvalue weighted by Gasteiger charge is 2.36. The van der Waals surface area contributed by atoms with Gasteiger partial charge in [0.05, 0.1) is 30.9 Å². The molecule has 0 spiro atoms. The van der Waals surface area contributed by atoms with Crippen LogP contribution in [0.25, 0.3) is 0 Å². The number of carbonyl (C=O) groups excluding carboxylic acids is 3. The topological polar surface area (TPSA) is 79.0 Å². The zero-order valence-electron chi connectivity index (χ0n) is 16.8. The molecule has 1 saturated heterocycles. The summed E-state index contributed by atoms with van der Waals surface area (Å²) < 4.78 is 5.31. The van der Waals surface area contributed by atoms with Crippen LogP contribution in [0.4, 0.5) is 0 Å². The Bertz CT molecular complexity index is 992. The third kappa shape index (κ3) is 5.25. The molecular weight excluding hydrogens is 441 g/mol. The number of hydrogen-bond acceptors (Lipinski definition) is 5. The van der Waals surface area contributed by atoms with Gasteiger partial charge in [-0.15, -0.1) is 12.4 Å². The fourth-order valence-electron chi connectivity index (χ4n) is 3.65. The van der Waals surface area contributed by atoms with E-state index in [2.05, 4.69) is 10.2 Å². The second-order valence-electron chi connectivity index (χ2n) is 7.30. The second kappa shape index (κ2) is 10.2.